The van der Waals surface area contributed by atoms with Gasteiger partial charge < -0.3 is 15.4 Å². The first-order valence-corrected chi connectivity index (χ1v) is 7.23. The quantitative estimate of drug-likeness (QED) is 0.715. The molecule has 0 spiro atoms. The Morgan fingerprint density at radius 2 is 1.52 bits per heavy atom. The van der Waals surface area contributed by atoms with Crippen LogP contribution < -0.4 is 5.32 Å². The number of phenols is 1. The molecule has 1 aromatic carbocycles. The topological polar surface area (TPSA) is 60.9 Å². The number of imidazole rings is 1. The summed E-state index contributed by atoms with van der Waals surface area (Å²) in [5.41, 5.74) is 2.53. The molecular weight excluding hydrogens is 262 g/mol. The van der Waals surface area contributed by atoms with Crippen LogP contribution in [0.15, 0.2) is 24.5 Å². The van der Waals surface area contributed by atoms with E-state index in [1.165, 1.54) is 0 Å². The molecule has 0 saturated heterocycles. The Kier molecular flexibility index (Phi) is 3.74. The van der Waals surface area contributed by atoms with E-state index in [1.807, 2.05) is 12.1 Å². The number of aromatic nitrogens is 2. The minimum Gasteiger partial charge on any atom is -0.507 e. The van der Waals surface area contributed by atoms with Crippen LogP contribution in [-0.4, -0.2) is 15.1 Å². The molecule has 0 atom stereocenters. The molecule has 1 heterocycles. The maximum Gasteiger partial charge on any atom is 0.204 e. The summed E-state index contributed by atoms with van der Waals surface area (Å²) in [6.45, 7) is 12.6. The van der Waals surface area contributed by atoms with Crippen molar-refractivity contribution < 1.29 is 5.11 Å². The van der Waals surface area contributed by atoms with Gasteiger partial charge in [0.1, 0.15) is 5.75 Å². The van der Waals surface area contributed by atoms with Crippen LogP contribution in [0.4, 0.5) is 11.6 Å². The SMILES string of the molecule is CC(C)(C)c1cc(Nc2ncc[nH]2)cc(C(C)(C)C)c1O. The number of hydrogen-bond acceptors (Lipinski definition) is 3. The molecule has 2 aromatic rings. The van der Waals surface area contributed by atoms with Crippen molar-refractivity contribution in [3.63, 3.8) is 0 Å². The summed E-state index contributed by atoms with van der Waals surface area (Å²) in [6, 6.07) is 3.99. The molecule has 2 rings (SSSR count). The van der Waals surface area contributed by atoms with E-state index in [4.69, 9.17) is 0 Å². The van der Waals surface area contributed by atoms with Crippen molar-refractivity contribution in [3.05, 3.63) is 35.7 Å². The molecule has 0 saturated carbocycles. The molecule has 0 aliphatic carbocycles. The molecule has 114 valence electrons. The highest BCUT2D eigenvalue weighted by Crippen LogP contribution is 2.41. The molecule has 21 heavy (non-hydrogen) atoms. The number of aromatic amines is 1. The predicted octanol–water partition coefficient (Wildman–Crippen LogP) is 4.45. The Morgan fingerprint density at radius 3 is 1.90 bits per heavy atom. The van der Waals surface area contributed by atoms with Crippen LogP contribution in [-0.2, 0) is 10.8 Å². The molecule has 0 bridgehead atoms. The number of H-pyrrole nitrogens is 1. The Balaban J connectivity index is 2.56. The van der Waals surface area contributed by atoms with Crippen molar-refractivity contribution in [1.82, 2.24) is 9.97 Å². The van der Waals surface area contributed by atoms with Gasteiger partial charge in [-0.25, -0.2) is 4.98 Å². The van der Waals surface area contributed by atoms with Crippen LogP contribution in [0.5, 0.6) is 5.75 Å². The number of phenolic OH excluding ortho intramolecular Hbond substituents is 1. The molecule has 0 fully saturated rings. The third kappa shape index (κ3) is 3.38. The van der Waals surface area contributed by atoms with Gasteiger partial charge in [0.2, 0.25) is 5.95 Å². The van der Waals surface area contributed by atoms with E-state index in [1.54, 1.807) is 12.4 Å². The minimum atomic E-state index is -0.134. The van der Waals surface area contributed by atoms with E-state index in [0.717, 1.165) is 16.8 Å². The molecule has 0 radical (unpaired) electrons. The smallest absolute Gasteiger partial charge is 0.204 e. The molecule has 0 unspecified atom stereocenters. The number of aromatic hydroxyl groups is 1. The monoisotopic (exact) mass is 287 g/mol. The van der Waals surface area contributed by atoms with Crippen molar-refractivity contribution in [1.29, 1.82) is 0 Å². The summed E-state index contributed by atoms with van der Waals surface area (Å²) in [7, 11) is 0. The summed E-state index contributed by atoms with van der Waals surface area (Å²) < 4.78 is 0. The standard InChI is InChI=1S/C17H25N3O/c1-16(2,3)12-9-11(20-15-18-7-8-19-15)10-13(14(12)21)17(4,5)6/h7-10,21H,1-6H3,(H2,18,19,20). The van der Waals surface area contributed by atoms with Crippen molar-refractivity contribution in [2.24, 2.45) is 0 Å². The lowest BCUT2D eigenvalue weighted by molar-refractivity contribution is 0.423. The number of benzene rings is 1. The van der Waals surface area contributed by atoms with Gasteiger partial charge in [-0.2, -0.15) is 0 Å². The van der Waals surface area contributed by atoms with Gasteiger partial charge in [-0.15, -0.1) is 0 Å². The molecule has 4 heteroatoms. The van der Waals surface area contributed by atoms with Gasteiger partial charge in [0.15, 0.2) is 0 Å². The fraction of sp³-hybridized carbons (Fsp3) is 0.471. The molecule has 4 nitrogen and oxygen atoms in total. The highest BCUT2D eigenvalue weighted by atomic mass is 16.3. The summed E-state index contributed by atoms with van der Waals surface area (Å²) in [5.74, 6) is 1.08. The molecule has 1 aromatic heterocycles. The first kappa shape index (κ1) is 15.4. The molecule has 0 aliphatic heterocycles. The van der Waals surface area contributed by atoms with E-state index in [2.05, 4.69) is 56.8 Å². The molecule has 0 aliphatic rings. The molecular formula is C17H25N3O. The second-order valence-electron chi connectivity index (χ2n) is 7.48. The van der Waals surface area contributed by atoms with Gasteiger partial charge in [0.05, 0.1) is 0 Å². The van der Waals surface area contributed by atoms with Gasteiger partial charge in [0.25, 0.3) is 0 Å². The average Bonchev–Trinajstić information content (AvgIpc) is 2.81. The van der Waals surface area contributed by atoms with E-state index < -0.39 is 0 Å². The number of nitrogens with one attached hydrogen (secondary N) is 2. The van der Waals surface area contributed by atoms with Gasteiger partial charge in [0, 0.05) is 29.2 Å². The summed E-state index contributed by atoms with van der Waals surface area (Å²) in [5, 5.41) is 13.9. The van der Waals surface area contributed by atoms with Crippen molar-refractivity contribution in [2.75, 3.05) is 5.32 Å². The van der Waals surface area contributed by atoms with Gasteiger partial charge in [-0.05, 0) is 23.0 Å². The Bertz CT molecular complexity index is 581. The zero-order valence-electron chi connectivity index (χ0n) is 13.7. The van der Waals surface area contributed by atoms with Crippen molar-refractivity contribution in [2.45, 2.75) is 52.4 Å². The van der Waals surface area contributed by atoms with Gasteiger partial charge >= 0.3 is 0 Å². The normalized spacial score (nSPS) is 12.5. The fourth-order valence-corrected chi connectivity index (χ4v) is 2.32. The second kappa shape index (κ2) is 5.10. The van der Waals surface area contributed by atoms with Crippen LogP contribution in [0.1, 0.15) is 52.7 Å². The summed E-state index contributed by atoms with van der Waals surface area (Å²) in [6.07, 6.45) is 3.48. The number of rotatable bonds is 2. The molecule has 0 amide bonds. The minimum absolute atomic E-state index is 0.134. The lowest BCUT2D eigenvalue weighted by Crippen LogP contribution is -2.17. The van der Waals surface area contributed by atoms with Crippen molar-refractivity contribution >= 4 is 11.6 Å². The first-order valence-electron chi connectivity index (χ1n) is 7.23. The van der Waals surface area contributed by atoms with Crippen LogP contribution in [0.2, 0.25) is 0 Å². The van der Waals surface area contributed by atoms with Crippen LogP contribution in [0, 0.1) is 0 Å². The largest absolute Gasteiger partial charge is 0.507 e. The zero-order chi connectivity index (χ0) is 15.8. The lowest BCUT2D eigenvalue weighted by Gasteiger charge is -2.28. The van der Waals surface area contributed by atoms with E-state index in [-0.39, 0.29) is 10.8 Å². The highest BCUT2D eigenvalue weighted by Gasteiger charge is 2.26. The first-order chi connectivity index (χ1) is 9.59. The lowest BCUT2D eigenvalue weighted by atomic mass is 9.79. The Morgan fingerprint density at radius 1 is 1.00 bits per heavy atom. The van der Waals surface area contributed by atoms with Crippen LogP contribution in [0.3, 0.4) is 0 Å². The number of anilines is 2. The fourth-order valence-electron chi connectivity index (χ4n) is 2.32. The van der Waals surface area contributed by atoms with Gasteiger partial charge in [-0.1, -0.05) is 41.5 Å². The van der Waals surface area contributed by atoms with Gasteiger partial charge in [-0.3, -0.25) is 0 Å². The third-order valence-electron chi connectivity index (χ3n) is 3.49. The highest BCUT2D eigenvalue weighted by molar-refractivity contribution is 5.62. The van der Waals surface area contributed by atoms with E-state index >= 15 is 0 Å². The Labute approximate surface area is 126 Å². The molecule has 3 N–H and O–H groups in total. The maximum absolute atomic E-state index is 10.7. The number of nitrogens with zero attached hydrogens (tertiary/aromatic N) is 1. The predicted molar refractivity (Wildman–Crippen MR) is 87.4 cm³/mol. The third-order valence-corrected chi connectivity index (χ3v) is 3.49. The summed E-state index contributed by atoms with van der Waals surface area (Å²) in [4.78, 5) is 7.22. The van der Waals surface area contributed by atoms with E-state index in [9.17, 15) is 5.11 Å². The Hall–Kier alpha value is -1.97. The van der Waals surface area contributed by atoms with E-state index in [0.29, 0.717) is 11.7 Å². The summed E-state index contributed by atoms with van der Waals surface area (Å²) >= 11 is 0. The van der Waals surface area contributed by atoms with Crippen LogP contribution >= 0.6 is 0 Å². The number of hydrogen-bond donors (Lipinski definition) is 3. The van der Waals surface area contributed by atoms with Crippen molar-refractivity contribution in [3.8, 4) is 5.75 Å². The van der Waals surface area contributed by atoms with Crippen LogP contribution in [0.25, 0.3) is 0 Å². The second-order valence-corrected chi connectivity index (χ2v) is 7.48. The zero-order valence-corrected chi connectivity index (χ0v) is 13.7. The average molecular weight is 287 g/mol. The maximum atomic E-state index is 10.7.